The molecule has 2 atom stereocenters. The summed E-state index contributed by atoms with van der Waals surface area (Å²) in [5, 5.41) is 10.1. The zero-order chi connectivity index (χ0) is 21.3. The van der Waals surface area contributed by atoms with E-state index in [4.69, 9.17) is 11.6 Å². The number of rotatable bonds is 5. The Hall–Kier alpha value is -2.61. The molecule has 0 aliphatic carbocycles. The van der Waals surface area contributed by atoms with Crippen LogP contribution in [-0.4, -0.2) is 46.1 Å². The van der Waals surface area contributed by atoms with Crippen molar-refractivity contribution in [1.29, 1.82) is 0 Å². The summed E-state index contributed by atoms with van der Waals surface area (Å²) in [6, 6.07) is -0.0523. The Morgan fingerprint density at radius 2 is 2.20 bits per heavy atom. The van der Waals surface area contributed by atoms with E-state index in [-0.39, 0.29) is 23.9 Å². The molecule has 1 aromatic heterocycles. The third kappa shape index (κ3) is 4.43. The van der Waals surface area contributed by atoms with Gasteiger partial charge in [-0.1, -0.05) is 25.4 Å². The molecule has 4 heterocycles. The number of anilines is 1. The van der Waals surface area contributed by atoms with Crippen molar-refractivity contribution in [3.63, 3.8) is 0 Å². The highest BCUT2D eigenvalue weighted by atomic mass is 35.5. The molecule has 9 heteroatoms. The maximum atomic E-state index is 14.5. The molecular weight excluding hydrogens is 407 g/mol. The van der Waals surface area contributed by atoms with Crippen LogP contribution in [0.1, 0.15) is 38.9 Å². The van der Waals surface area contributed by atoms with E-state index in [2.05, 4.69) is 25.9 Å². The van der Waals surface area contributed by atoms with E-state index in [1.165, 1.54) is 6.20 Å². The topological polar surface area (TPSA) is 82.2 Å². The zero-order valence-electron chi connectivity index (χ0n) is 17.1. The van der Waals surface area contributed by atoms with Gasteiger partial charge in [0.15, 0.2) is 17.5 Å². The lowest BCUT2D eigenvalue weighted by atomic mass is 10.0. The normalized spacial score (nSPS) is 23.1. The number of aromatic nitrogens is 2. The number of allylic oxidation sites excluding steroid dienone is 2. The summed E-state index contributed by atoms with van der Waals surface area (Å²) in [4.78, 5) is 22.9. The molecule has 1 fully saturated rings. The van der Waals surface area contributed by atoms with Crippen LogP contribution in [0.3, 0.4) is 0 Å². The Morgan fingerprint density at radius 1 is 1.40 bits per heavy atom. The van der Waals surface area contributed by atoms with E-state index >= 15 is 0 Å². The van der Waals surface area contributed by atoms with Gasteiger partial charge in [0, 0.05) is 49.1 Å². The lowest BCUT2D eigenvalue weighted by Gasteiger charge is -2.34. The molecule has 3 aliphatic heterocycles. The highest BCUT2D eigenvalue weighted by molar-refractivity contribution is 6.31. The molecular formula is C21H26ClFN6O. The van der Waals surface area contributed by atoms with Crippen LogP contribution in [0, 0.1) is 11.7 Å². The summed E-state index contributed by atoms with van der Waals surface area (Å²) in [6.07, 6.45) is 8.69. The Balaban J connectivity index is 1.49. The van der Waals surface area contributed by atoms with E-state index < -0.39 is 5.82 Å². The van der Waals surface area contributed by atoms with Gasteiger partial charge in [-0.3, -0.25) is 4.79 Å². The Kier molecular flexibility index (Phi) is 5.94. The maximum absolute atomic E-state index is 14.5. The molecule has 0 bridgehead atoms. The van der Waals surface area contributed by atoms with Crippen LogP contribution < -0.4 is 16.0 Å². The first-order valence-electron chi connectivity index (χ1n) is 10.3. The quantitative estimate of drug-likeness (QED) is 0.663. The van der Waals surface area contributed by atoms with Crippen LogP contribution in [-0.2, 0) is 4.79 Å². The fourth-order valence-electron chi connectivity index (χ4n) is 3.93. The molecule has 160 valence electrons. The number of fused-ring (bicyclic) bond motifs is 1. The van der Waals surface area contributed by atoms with Crippen LogP contribution >= 0.6 is 11.6 Å². The Morgan fingerprint density at radius 3 is 3.00 bits per heavy atom. The summed E-state index contributed by atoms with van der Waals surface area (Å²) in [7, 11) is 0. The van der Waals surface area contributed by atoms with Gasteiger partial charge >= 0.3 is 0 Å². The first kappa shape index (κ1) is 20.7. The fraction of sp³-hybridized carbons (Fsp3) is 0.476. The van der Waals surface area contributed by atoms with Crippen molar-refractivity contribution in [1.82, 2.24) is 25.5 Å². The SMILES string of the molecule is CC(C)CC(=O)N1CCC[C@H](Nc2nc(C3=CNC4NC=C(Cl)C=C34)ncc2F)C1. The second-order valence-corrected chi connectivity index (χ2v) is 8.70. The first-order chi connectivity index (χ1) is 14.4. The van der Waals surface area contributed by atoms with Gasteiger partial charge in [0.1, 0.15) is 6.17 Å². The van der Waals surface area contributed by atoms with Gasteiger partial charge in [0.2, 0.25) is 5.91 Å². The van der Waals surface area contributed by atoms with Crippen molar-refractivity contribution >= 4 is 28.9 Å². The monoisotopic (exact) mass is 432 g/mol. The minimum atomic E-state index is -0.513. The van der Waals surface area contributed by atoms with Crippen LogP contribution in [0.5, 0.6) is 0 Å². The molecule has 1 aromatic rings. The minimum absolute atomic E-state index is 0.0523. The average molecular weight is 433 g/mol. The molecule has 1 saturated heterocycles. The molecule has 0 saturated carbocycles. The molecule has 0 radical (unpaired) electrons. The molecule has 0 aromatic carbocycles. The standard InChI is InChI=1S/C21H26ClFN6O/c1-12(2)6-18(30)29-5-3-4-14(11-29)27-21-17(23)10-26-20(28-21)16-9-25-19-15(16)7-13(22)8-24-19/h7-10,12,14,19,24-25H,3-6,11H2,1-2H3,(H,26,27,28)/t14-,19?/m0/s1. The highest BCUT2D eigenvalue weighted by Gasteiger charge is 2.29. The fourth-order valence-corrected chi connectivity index (χ4v) is 4.11. The van der Waals surface area contributed by atoms with Gasteiger partial charge in [-0.05, 0) is 24.8 Å². The number of nitrogens with one attached hydrogen (secondary N) is 3. The molecule has 3 N–H and O–H groups in total. The number of nitrogens with zero attached hydrogens (tertiary/aromatic N) is 3. The van der Waals surface area contributed by atoms with Gasteiger partial charge in [0.05, 0.1) is 11.2 Å². The van der Waals surface area contributed by atoms with Crippen molar-refractivity contribution < 1.29 is 9.18 Å². The summed E-state index contributed by atoms with van der Waals surface area (Å²) < 4.78 is 14.5. The zero-order valence-corrected chi connectivity index (χ0v) is 17.8. The maximum Gasteiger partial charge on any atom is 0.222 e. The first-order valence-corrected chi connectivity index (χ1v) is 10.7. The van der Waals surface area contributed by atoms with Gasteiger partial charge in [-0.2, -0.15) is 0 Å². The molecule has 30 heavy (non-hydrogen) atoms. The molecule has 0 spiro atoms. The number of carbonyl (C=O) groups excluding carboxylic acids is 1. The number of hydrogen-bond donors (Lipinski definition) is 3. The number of hydrogen-bond acceptors (Lipinski definition) is 6. The smallest absolute Gasteiger partial charge is 0.222 e. The summed E-state index contributed by atoms with van der Waals surface area (Å²) >= 11 is 6.11. The number of carbonyl (C=O) groups is 1. The summed E-state index contributed by atoms with van der Waals surface area (Å²) in [5.41, 5.74) is 1.67. The summed E-state index contributed by atoms with van der Waals surface area (Å²) in [6.45, 7) is 5.36. The molecule has 1 unspecified atom stereocenters. The lowest BCUT2D eigenvalue weighted by Crippen LogP contribution is -2.45. The van der Waals surface area contributed by atoms with Crippen molar-refractivity contribution in [2.24, 2.45) is 5.92 Å². The van der Waals surface area contributed by atoms with E-state index in [0.717, 1.165) is 30.5 Å². The second kappa shape index (κ2) is 8.63. The van der Waals surface area contributed by atoms with Crippen molar-refractivity contribution in [3.8, 4) is 0 Å². The number of piperidine rings is 1. The summed E-state index contributed by atoms with van der Waals surface area (Å²) in [5.74, 6) is 0.517. The van der Waals surface area contributed by atoms with Gasteiger partial charge in [-0.25, -0.2) is 14.4 Å². The second-order valence-electron chi connectivity index (χ2n) is 8.26. The molecule has 7 nitrogen and oxygen atoms in total. The molecule has 4 rings (SSSR count). The Bertz CT molecular complexity index is 928. The third-order valence-corrected chi connectivity index (χ3v) is 5.60. The molecule has 1 amide bonds. The minimum Gasteiger partial charge on any atom is -0.367 e. The largest absolute Gasteiger partial charge is 0.367 e. The van der Waals surface area contributed by atoms with Crippen molar-refractivity contribution in [2.45, 2.75) is 45.3 Å². The van der Waals surface area contributed by atoms with E-state index in [0.29, 0.717) is 29.7 Å². The Labute approximate surface area is 180 Å². The number of likely N-dealkylation sites (tertiary alicyclic amines) is 1. The van der Waals surface area contributed by atoms with Gasteiger partial charge in [-0.15, -0.1) is 0 Å². The number of dihydropyridines is 1. The highest BCUT2D eigenvalue weighted by Crippen LogP contribution is 2.31. The van der Waals surface area contributed by atoms with Crippen LogP contribution in [0.15, 0.2) is 35.3 Å². The van der Waals surface area contributed by atoms with Crippen molar-refractivity contribution in [2.75, 3.05) is 18.4 Å². The predicted octanol–water partition coefficient (Wildman–Crippen LogP) is 2.94. The third-order valence-electron chi connectivity index (χ3n) is 5.38. The molecule has 3 aliphatic rings. The average Bonchev–Trinajstić information content (AvgIpc) is 3.12. The van der Waals surface area contributed by atoms with E-state index in [1.54, 1.807) is 12.4 Å². The van der Waals surface area contributed by atoms with E-state index in [9.17, 15) is 9.18 Å². The van der Waals surface area contributed by atoms with Crippen LogP contribution in [0.4, 0.5) is 10.2 Å². The predicted molar refractivity (Wildman–Crippen MR) is 115 cm³/mol. The lowest BCUT2D eigenvalue weighted by molar-refractivity contribution is -0.133. The van der Waals surface area contributed by atoms with Gasteiger partial charge in [0.25, 0.3) is 0 Å². The van der Waals surface area contributed by atoms with E-state index in [1.807, 2.05) is 24.8 Å². The number of amides is 1. The number of halogens is 2. The van der Waals surface area contributed by atoms with Gasteiger partial charge < -0.3 is 20.9 Å². The van der Waals surface area contributed by atoms with Crippen LogP contribution in [0.25, 0.3) is 5.57 Å². The van der Waals surface area contributed by atoms with Crippen molar-refractivity contribution in [3.05, 3.63) is 46.9 Å². The van der Waals surface area contributed by atoms with Crippen LogP contribution in [0.2, 0.25) is 0 Å².